The van der Waals surface area contributed by atoms with Gasteiger partial charge in [0, 0.05) is 70.9 Å². The molecule has 2 heterocycles. The number of anilines is 1. The van der Waals surface area contributed by atoms with Gasteiger partial charge in [0.05, 0.1) is 13.2 Å². The van der Waals surface area contributed by atoms with E-state index in [1.54, 1.807) is 7.11 Å². The largest absolute Gasteiger partial charge is 0.383 e. The second-order valence-corrected chi connectivity index (χ2v) is 7.08. The van der Waals surface area contributed by atoms with Crippen LogP contribution in [-0.4, -0.2) is 98.2 Å². The summed E-state index contributed by atoms with van der Waals surface area (Å²) in [5.41, 5.74) is 0. The quantitative estimate of drug-likeness (QED) is 0.305. The van der Waals surface area contributed by atoms with Crippen LogP contribution in [0.1, 0.15) is 19.7 Å². The summed E-state index contributed by atoms with van der Waals surface area (Å²) in [6.07, 6.45) is 0.895. The average Bonchev–Trinajstić information content (AvgIpc) is 3.15. The zero-order valence-electron chi connectivity index (χ0n) is 17.0. The molecule has 10 heteroatoms. The van der Waals surface area contributed by atoms with E-state index in [9.17, 15) is 0 Å². The van der Waals surface area contributed by atoms with Gasteiger partial charge in [-0.2, -0.15) is 4.37 Å². The number of guanidine groups is 1. The standard InChI is InChI=1S/C17H33N7OS.HI/c1-5-15-20-17(26-21-15)24-11-9-23(10-12-24)16(18-6-2)19-7-8-22(3)13-14-25-4;/h5-14H2,1-4H3,(H,18,19);1H. The van der Waals surface area contributed by atoms with Gasteiger partial charge in [-0.15, -0.1) is 24.0 Å². The molecule has 1 aliphatic heterocycles. The summed E-state index contributed by atoms with van der Waals surface area (Å²) in [6, 6.07) is 0. The highest BCUT2D eigenvalue weighted by atomic mass is 127. The van der Waals surface area contributed by atoms with Crippen LogP contribution in [0.2, 0.25) is 0 Å². The van der Waals surface area contributed by atoms with Crippen LogP contribution >= 0.6 is 35.5 Å². The highest BCUT2D eigenvalue weighted by molar-refractivity contribution is 14.0. The van der Waals surface area contributed by atoms with E-state index in [1.165, 1.54) is 11.5 Å². The molecule has 2 rings (SSSR count). The fourth-order valence-electron chi connectivity index (χ4n) is 2.74. The number of nitrogens with zero attached hydrogens (tertiary/aromatic N) is 6. The number of halogens is 1. The van der Waals surface area contributed by atoms with Crippen LogP contribution in [0.25, 0.3) is 0 Å². The van der Waals surface area contributed by atoms with E-state index in [1.807, 2.05) is 0 Å². The van der Waals surface area contributed by atoms with E-state index >= 15 is 0 Å². The van der Waals surface area contributed by atoms with E-state index in [4.69, 9.17) is 9.73 Å². The molecule has 0 saturated carbocycles. The van der Waals surface area contributed by atoms with E-state index in [0.29, 0.717) is 0 Å². The summed E-state index contributed by atoms with van der Waals surface area (Å²) in [5, 5.41) is 4.47. The summed E-state index contributed by atoms with van der Waals surface area (Å²) < 4.78 is 9.51. The highest BCUT2D eigenvalue weighted by Gasteiger charge is 2.21. The maximum Gasteiger partial charge on any atom is 0.205 e. The Balaban J connectivity index is 0.00000364. The molecule has 0 aliphatic carbocycles. The molecule has 1 aliphatic rings. The SMILES string of the molecule is CCNC(=NCCN(C)CCOC)N1CCN(c2nc(CC)ns2)CC1.I. The molecule has 1 fully saturated rings. The monoisotopic (exact) mass is 511 g/mol. The molecule has 1 aromatic heterocycles. The zero-order valence-corrected chi connectivity index (χ0v) is 20.1. The average molecular weight is 511 g/mol. The van der Waals surface area contributed by atoms with Gasteiger partial charge >= 0.3 is 0 Å². The van der Waals surface area contributed by atoms with Crippen molar-refractivity contribution in [2.24, 2.45) is 4.99 Å². The number of aliphatic imine (C=N–C) groups is 1. The van der Waals surface area contributed by atoms with Gasteiger partial charge in [-0.1, -0.05) is 6.92 Å². The van der Waals surface area contributed by atoms with Gasteiger partial charge in [-0.05, 0) is 14.0 Å². The number of methoxy groups -OCH3 is 1. The Morgan fingerprint density at radius 2 is 2.00 bits per heavy atom. The Morgan fingerprint density at radius 1 is 1.26 bits per heavy atom. The summed E-state index contributed by atoms with van der Waals surface area (Å²) in [4.78, 5) is 16.3. The summed E-state index contributed by atoms with van der Waals surface area (Å²) in [5.74, 6) is 1.96. The Hall–Kier alpha value is -0.720. The summed E-state index contributed by atoms with van der Waals surface area (Å²) >= 11 is 1.51. The molecule has 0 bridgehead atoms. The number of aromatic nitrogens is 2. The first-order chi connectivity index (χ1) is 12.7. The molecule has 1 N–H and O–H groups in total. The number of rotatable bonds is 9. The lowest BCUT2D eigenvalue weighted by molar-refractivity contribution is 0.163. The first-order valence-electron chi connectivity index (χ1n) is 9.46. The molecule has 0 amide bonds. The van der Waals surface area contributed by atoms with E-state index in [-0.39, 0.29) is 24.0 Å². The number of aryl methyl sites for hydroxylation is 1. The lowest BCUT2D eigenvalue weighted by Crippen LogP contribution is -2.52. The van der Waals surface area contributed by atoms with Gasteiger partial charge in [0.2, 0.25) is 5.13 Å². The fourth-order valence-corrected chi connectivity index (χ4v) is 3.54. The van der Waals surface area contributed by atoms with Crippen LogP contribution in [0.5, 0.6) is 0 Å². The lowest BCUT2D eigenvalue weighted by atomic mass is 10.3. The summed E-state index contributed by atoms with van der Waals surface area (Å²) in [6.45, 7) is 12.3. The minimum atomic E-state index is 0. The molecule has 0 radical (unpaired) electrons. The second-order valence-electron chi connectivity index (χ2n) is 6.35. The van der Waals surface area contributed by atoms with Crippen LogP contribution in [-0.2, 0) is 11.2 Å². The van der Waals surface area contributed by atoms with Gasteiger partial charge < -0.3 is 24.8 Å². The molecule has 1 aromatic rings. The van der Waals surface area contributed by atoms with E-state index < -0.39 is 0 Å². The van der Waals surface area contributed by atoms with Crippen LogP contribution in [0, 0.1) is 0 Å². The van der Waals surface area contributed by atoms with Crippen molar-refractivity contribution in [3.8, 4) is 0 Å². The van der Waals surface area contributed by atoms with Crippen LogP contribution < -0.4 is 10.2 Å². The van der Waals surface area contributed by atoms with Crippen LogP contribution in [0.3, 0.4) is 0 Å². The van der Waals surface area contributed by atoms with E-state index in [2.05, 4.69) is 50.3 Å². The minimum absolute atomic E-state index is 0. The number of piperazine rings is 1. The normalized spacial score (nSPS) is 15.2. The number of ether oxygens (including phenoxy) is 1. The zero-order chi connectivity index (χ0) is 18.8. The molecule has 1 saturated heterocycles. The van der Waals surface area contributed by atoms with Crippen LogP contribution in [0.15, 0.2) is 4.99 Å². The number of likely N-dealkylation sites (N-methyl/N-ethyl adjacent to an activating group) is 1. The van der Waals surface area contributed by atoms with Gasteiger partial charge in [0.25, 0.3) is 0 Å². The van der Waals surface area contributed by atoms with Crippen molar-refractivity contribution in [2.45, 2.75) is 20.3 Å². The Morgan fingerprint density at radius 3 is 2.59 bits per heavy atom. The van der Waals surface area contributed by atoms with Gasteiger partial charge in [-0.3, -0.25) is 4.99 Å². The Labute approximate surface area is 184 Å². The third-order valence-electron chi connectivity index (χ3n) is 4.38. The number of nitrogens with one attached hydrogen (secondary N) is 1. The van der Waals surface area contributed by atoms with Crippen molar-refractivity contribution in [3.05, 3.63) is 5.82 Å². The highest BCUT2D eigenvalue weighted by Crippen LogP contribution is 2.19. The third-order valence-corrected chi connectivity index (χ3v) is 5.19. The minimum Gasteiger partial charge on any atom is -0.383 e. The second kappa shape index (κ2) is 13.5. The molecule has 156 valence electrons. The fraction of sp³-hybridized carbons (Fsp3) is 0.824. The lowest BCUT2D eigenvalue weighted by Gasteiger charge is -2.36. The third kappa shape index (κ3) is 8.04. The predicted molar refractivity (Wildman–Crippen MR) is 124 cm³/mol. The molecule has 8 nitrogen and oxygen atoms in total. The van der Waals surface area contributed by atoms with Crippen molar-refractivity contribution in [1.82, 2.24) is 24.5 Å². The molecule has 0 spiro atoms. The first-order valence-corrected chi connectivity index (χ1v) is 10.2. The molecule has 0 aromatic carbocycles. The van der Waals surface area contributed by atoms with Gasteiger partial charge in [-0.25, -0.2) is 4.98 Å². The van der Waals surface area contributed by atoms with Crippen LogP contribution in [0.4, 0.5) is 5.13 Å². The van der Waals surface area contributed by atoms with Gasteiger partial charge in [0.15, 0.2) is 5.96 Å². The molecular formula is C17H34IN7OS. The smallest absolute Gasteiger partial charge is 0.205 e. The number of hydrogen-bond donors (Lipinski definition) is 1. The van der Waals surface area contributed by atoms with Gasteiger partial charge in [0.1, 0.15) is 5.82 Å². The van der Waals surface area contributed by atoms with Crippen molar-refractivity contribution in [1.29, 1.82) is 0 Å². The molecule has 0 unspecified atom stereocenters. The Kier molecular flexibility index (Phi) is 12.1. The molecular weight excluding hydrogens is 477 g/mol. The molecule has 27 heavy (non-hydrogen) atoms. The van der Waals surface area contributed by atoms with Crippen molar-refractivity contribution in [2.75, 3.05) is 78.0 Å². The van der Waals surface area contributed by atoms with Crippen molar-refractivity contribution >= 4 is 46.6 Å². The maximum atomic E-state index is 5.12. The van der Waals surface area contributed by atoms with Crippen molar-refractivity contribution in [3.63, 3.8) is 0 Å². The topological polar surface area (TPSA) is 69.1 Å². The molecule has 0 atom stereocenters. The van der Waals surface area contributed by atoms with Crippen molar-refractivity contribution < 1.29 is 4.74 Å². The number of hydrogen-bond acceptors (Lipinski definition) is 7. The Bertz CT molecular complexity index is 549. The summed E-state index contributed by atoms with van der Waals surface area (Å²) in [7, 11) is 3.84. The maximum absolute atomic E-state index is 5.12. The van der Waals surface area contributed by atoms with E-state index in [0.717, 1.165) is 82.3 Å². The predicted octanol–water partition coefficient (Wildman–Crippen LogP) is 1.38. The first kappa shape index (κ1) is 24.3.